The van der Waals surface area contributed by atoms with Gasteiger partial charge in [0.15, 0.2) is 5.01 Å². The molecule has 120 valence electrons. The number of nitrogens with zero attached hydrogens (tertiary/aromatic N) is 3. The van der Waals surface area contributed by atoms with Crippen molar-refractivity contribution in [2.75, 3.05) is 0 Å². The van der Waals surface area contributed by atoms with E-state index in [1.165, 1.54) is 15.9 Å². The van der Waals surface area contributed by atoms with Gasteiger partial charge in [0.2, 0.25) is 4.96 Å². The maximum atomic E-state index is 12.5. The van der Waals surface area contributed by atoms with E-state index in [0.29, 0.717) is 31.6 Å². The van der Waals surface area contributed by atoms with Gasteiger partial charge >= 0.3 is 0 Å². The van der Waals surface area contributed by atoms with E-state index < -0.39 is 0 Å². The van der Waals surface area contributed by atoms with Crippen molar-refractivity contribution in [2.24, 2.45) is 0 Å². The summed E-state index contributed by atoms with van der Waals surface area (Å²) in [4.78, 5) is 17.5. The van der Waals surface area contributed by atoms with Crippen LogP contribution in [-0.4, -0.2) is 14.6 Å². The Balaban J connectivity index is 1.70. The first kappa shape index (κ1) is 15.1. The predicted octanol–water partition coefficient (Wildman–Crippen LogP) is 3.85. The fourth-order valence-electron chi connectivity index (χ4n) is 2.41. The number of para-hydroxylation sites is 1. The highest BCUT2D eigenvalue weighted by Gasteiger charge is 2.11. The van der Waals surface area contributed by atoms with Crippen LogP contribution in [0.25, 0.3) is 15.9 Å². The molecule has 0 aliphatic carbocycles. The fraction of sp³-hybridized carbons (Fsp3) is 0.118. The molecule has 5 nitrogen and oxygen atoms in total. The first-order valence-corrected chi connectivity index (χ1v) is 8.48. The Labute approximate surface area is 146 Å². The summed E-state index contributed by atoms with van der Waals surface area (Å²) >= 11 is 7.46. The summed E-state index contributed by atoms with van der Waals surface area (Å²) in [6.07, 6.45) is 0. The molecule has 0 radical (unpaired) electrons. The SMILES string of the molecule is Cc1ccc(Cl)c(OCc2nn3c(=O)c4ccccc4nc3s2)c1. The van der Waals surface area contributed by atoms with Crippen LogP contribution in [0.4, 0.5) is 0 Å². The Morgan fingerprint density at radius 2 is 2.08 bits per heavy atom. The van der Waals surface area contributed by atoms with E-state index in [1.807, 2.05) is 37.3 Å². The number of ether oxygens (including phenoxy) is 1. The van der Waals surface area contributed by atoms with Crippen molar-refractivity contribution in [3.63, 3.8) is 0 Å². The summed E-state index contributed by atoms with van der Waals surface area (Å²) in [5.74, 6) is 0.599. The topological polar surface area (TPSA) is 56.5 Å². The van der Waals surface area contributed by atoms with Gasteiger partial charge in [-0.05, 0) is 36.8 Å². The summed E-state index contributed by atoms with van der Waals surface area (Å²) in [5.41, 5.74) is 1.55. The zero-order valence-corrected chi connectivity index (χ0v) is 14.3. The maximum Gasteiger partial charge on any atom is 0.283 e. The molecule has 4 aromatic rings. The van der Waals surface area contributed by atoms with Crippen molar-refractivity contribution in [1.29, 1.82) is 0 Å². The Kier molecular flexibility index (Phi) is 3.70. The zero-order valence-electron chi connectivity index (χ0n) is 12.7. The lowest BCUT2D eigenvalue weighted by Gasteiger charge is -2.06. The van der Waals surface area contributed by atoms with E-state index in [1.54, 1.807) is 12.1 Å². The van der Waals surface area contributed by atoms with Crippen LogP contribution in [0.5, 0.6) is 5.75 Å². The first-order chi connectivity index (χ1) is 11.6. The molecule has 0 saturated carbocycles. The second-order valence-electron chi connectivity index (χ2n) is 5.35. The lowest BCUT2D eigenvalue weighted by molar-refractivity contribution is 0.304. The van der Waals surface area contributed by atoms with Crippen LogP contribution in [0.2, 0.25) is 5.02 Å². The van der Waals surface area contributed by atoms with Crippen LogP contribution in [-0.2, 0) is 6.61 Å². The summed E-state index contributed by atoms with van der Waals surface area (Å²) in [5, 5.41) is 6.08. The second-order valence-corrected chi connectivity index (χ2v) is 6.79. The normalized spacial score (nSPS) is 11.2. The van der Waals surface area contributed by atoms with Crippen molar-refractivity contribution in [1.82, 2.24) is 14.6 Å². The number of aromatic nitrogens is 3. The number of benzene rings is 2. The van der Waals surface area contributed by atoms with Gasteiger partial charge in [0, 0.05) is 0 Å². The van der Waals surface area contributed by atoms with Crippen LogP contribution >= 0.6 is 22.9 Å². The Morgan fingerprint density at radius 3 is 2.96 bits per heavy atom. The molecule has 0 aliphatic rings. The molecule has 0 N–H and O–H groups in total. The Bertz CT molecular complexity index is 1120. The summed E-state index contributed by atoms with van der Waals surface area (Å²) in [7, 11) is 0. The van der Waals surface area contributed by atoms with Crippen LogP contribution in [0.3, 0.4) is 0 Å². The van der Waals surface area contributed by atoms with Gasteiger partial charge in [-0.15, -0.1) is 0 Å². The number of aryl methyl sites for hydroxylation is 1. The van der Waals surface area contributed by atoms with Gasteiger partial charge in [-0.2, -0.15) is 9.61 Å². The van der Waals surface area contributed by atoms with E-state index in [-0.39, 0.29) is 12.2 Å². The highest BCUT2D eigenvalue weighted by Crippen LogP contribution is 2.26. The molecule has 2 aromatic heterocycles. The molecule has 7 heteroatoms. The minimum atomic E-state index is -0.174. The largest absolute Gasteiger partial charge is 0.485 e. The van der Waals surface area contributed by atoms with E-state index in [4.69, 9.17) is 16.3 Å². The minimum Gasteiger partial charge on any atom is -0.485 e. The van der Waals surface area contributed by atoms with E-state index in [9.17, 15) is 4.79 Å². The molecule has 0 aliphatic heterocycles. The van der Waals surface area contributed by atoms with Crippen molar-refractivity contribution >= 4 is 38.8 Å². The second kappa shape index (κ2) is 5.89. The van der Waals surface area contributed by atoms with Gasteiger partial charge < -0.3 is 4.74 Å². The summed E-state index contributed by atoms with van der Waals surface area (Å²) < 4.78 is 7.07. The Morgan fingerprint density at radius 1 is 1.25 bits per heavy atom. The quantitative estimate of drug-likeness (QED) is 0.559. The average molecular weight is 358 g/mol. The number of hydrogen-bond acceptors (Lipinski definition) is 5. The molecule has 0 fully saturated rings. The maximum absolute atomic E-state index is 12.5. The number of fused-ring (bicyclic) bond motifs is 2. The molecular formula is C17H12ClN3O2S. The molecule has 24 heavy (non-hydrogen) atoms. The predicted molar refractivity (Wildman–Crippen MR) is 95.2 cm³/mol. The van der Waals surface area contributed by atoms with Crippen molar-refractivity contribution in [3.8, 4) is 5.75 Å². The molecule has 4 rings (SSSR count). The fourth-order valence-corrected chi connectivity index (χ4v) is 3.39. The molecule has 0 unspecified atom stereocenters. The monoisotopic (exact) mass is 357 g/mol. The van der Waals surface area contributed by atoms with Crippen molar-refractivity contribution in [2.45, 2.75) is 13.5 Å². The smallest absolute Gasteiger partial charge is 0.283 e. The molecule has 0 bridgehead atoms. The number of hydrogen-bond donors (Lipinski definition) is 0. The van der Waals surface area contributed by atoms with E-state index >= 15 is 0 Å². The Hall–Kier alpha value is -2.44. The third-order valence-corrected chi connectivity index (χ3v) is 4.78. The molecule has 0 amide bonds. The van der Waals surface area contributed by atoms with Crippen molar-refractivity contribution in [3.05, 3.63) is 68.4 Å². The summed E-state index contributed by atoms with van der Waals surface area (Å²) in [6.45, 7) is 2.20. The van der Waals surface area contributed by atoms with Crippen LogP contribution in [0, 0.1) is 6.92 Å². The minimum absolute atomic E-state index is 0.174. The van der Waals surface area contributed by atoms with Crippen LogP contribution in [0.1, 0.15) is 10.6 Å². The van der Waals surface area contributed by atoms with Gasteiger partial charge in [0.25, 0.3) is 5.56 Å². The average Bonchev–Trinajstić information content (AvgIpc) is 2.99. The molecule has 2 aromatic carbocycles. The van der Waals surface area contributed by atoms with Crippen molar-refractivity contribution < 1.29 is 4.74 Å². The molecule has 0 saturated heterocycles. The van der Waals surface area contributed by atoms with Gasteiger partial charge in [-0.25, -0.2) is 4.98 Å². The van der Waals surface area contributed by atoms with Gasteiger partial charge in [-0.3, -0.25) is 4.79 Å². The number of halogens is 1. The lowest BCUT2D eigenvalue weighted by Crippen LogP contribution is -2.15. The molecular weight excluding hydrogens is 346 g/mol. The first-order valence-electron chi connectivity index (χ1n) is 7.28. The zero-order chi connectivity index (χ0) is 16.7. The highest BCUT2D eigenvalue weighted by atomic mass is 35.5. The third kappa shape index (κ3) is 2.64. The standard InChI is InChI=1S/C17H12ClN3O2S/c1-10-6-7-12(18)14(8-10)23-9-15-20-21-16(22)11-4-2-3-5-13(11)19-17(21)24-15/h2-8H,9H2,1H3. The summed E-state index contributed by atoms with van der Waals surface area (Å²) in [6, 6.07) is 12.8. The molecule has 0 atom stereocenters. The van der Waals surface area contributed by atoms with E-state index in [0.717, 1.165) is 5.56 Å². The van der Waals surface area contributed by atoms with Gasteiger partial charge in [0.1, 0.15) is 12.4 Å². The van der Waals surface area contributed by atoms with Crippen LogP contribution < -0.4 is 10.3 Å². The molecule has 2 heterocycles. The van der Waals surface area contributed by atoms with Gasteiger partial charge in [0.05, 0.1) is 15.9 Å². The van der Waals surface area contributed by atoms with Gasteiger partial charge in [-0.1, -0.05) is 41.1 Å². The third-order valence-electron chi connectivity index (χ3n) is 3.58. The number of rotatable bonds is 3. The molecule has 0 spiro atoms. The van der Waals surface area contributed by atoms with Crippen LogP contribution in [0.15, 0.2) is 47.3 Å². The lowest BCUT2D eigenvalue weighted by atomic mass is 10.2. The highest BCUT2D eigenvalue weighted by molar-refractivity contribution is 7.16. The van der Waals surface area contributed by atoms with E-state index in [2.05, 4.69) is 10.1 Å².